The molecule has 0 spiro atoms. The third-order valence-electron chi connectivity index (χ3n) is 5.00. The maximum absolute atomic E-state index is 12.1. The molecular formula is C19H33N3O4. The van der Waals surface area contributed by atoms with Crippen LogP contribution >= 0.6 is 0 Å². The van der Waals surface area contributed by atoms with Gasteiger partial charge in [-0.05, 0) is 32.7 Å². The third kappa shape index (κ3) is 7.64. The minimum absolute atomic E-state index is 0.0791. The Kier molecular flexibility index (Phi) is 10.1. The van der Waals surface area contributed by atoms with Gasteiger partial charge in [0.1, 0.15) is 0 Å². The molecule has 1 aliphatic carbocycles. The van der Waals surface area contributed by atoms with Crippen LogP contribution in [0.3, 0.4) is 0 Å². The largest absolute Gasteiger partial charge is 0.345 e. The van der Waals surface area contributed by atoms with Crippen molar-refractivity contribution in [2.75, 3.05) is 13.6 Å². The van der Waals surface area contributed by atoms with Crippen molar-refractivity contribution in [3.05, 3.63) is 0 Å². The van der Waals surface area contributed by atoms with E-state index in [1.165, 1.54) is 26.2 Å². The second-order valence-electron chi connectivity index (χ2n) is 7.15. The molecular weight excluding hydrogens is 334 g/mol. The van der Waals surface area contributed by atoms with Gasteiger partial charge in [-0.15, -0.1) is 0 Å². The van der Waals surface area contributed by atoms with Crippen LogP contribution in [0.4, 0.5) is 0 Å². The number of amides is 2. The van der Waals surface area contributed by atoms with Gasteiger partial charge in [0.15, 0.2) is 5.78 Å². The van der Waals surface area contributed by atoms with Gasteiger partial charge in [0.2, 0.25) is 11.7 Å². The van der Waals surface area contributed by atoms with Gasteiger partial charge in [-0.3, -0.25) is 19.2 Å². The van der Waals surface area contributed by atoms with Crippen molar-refractivity contribution in [3.8, 4) is 0 Å². The van der Waals surface area contributed by atoms with Gasteiger partial charge in [0, 0.05) is 0 Å². The molecule has 0 heterocycles. The Balaban J connectivity index is 2.45. The van der Waals surface area contributed by atoms with Crippen LogP contribution < -0.4 is 16.0 Å². The van der Waals surface area contributed by atoms with Crippen molar-refractivity contribution in [3.63, 3.8) is 0 Å². The van der Waals surface area contributed by atoms with Gasteiger partial charge in [0.25, 0.3) is 5.91 Å². The van der Waals surface area contributed by atoms with Crippen LogP contribution in [0.1, 0.15) is 65.2 Å². The lowest BCUT2D eigenvalue weighted by molar-refractivity contribution is -0.139. The van der Waals surface area contributed by atoms with Crippen LogP contribution in [0.15, 0.2) is 0 Å². The first kappa shape index (κ1) is 22.3. The lowest BCUT2D eigenvalue weighted by atomic mass is 9.84. The highest BCUT2D eigenvalue weighted by Gasteiger charge is 2.25. The van der Waals surface area contributed by atoms with E-state index in [4.69, 9.17) is 0 Å². The standard InChI is InChI=1S/C19H33N3O4/c1-4-8-15(20-3)18(25)19(26)21-12-17(24)22-16(13(2)23)11-14-9-6-5-7-10-14/h14-16,20H,4-12H2,1-3H3,(H,21,26)(H,22,24). The average Bonchev–Trinajstić information content (AvgIpc) is 2.63. The fourth-order valence-corrected chi connectivity index (χ4v) is 3.43. The summed E-state index contributed by atoms with van der Waals surface area (Å²) in [5.41, 5.74) is 0. The van der Waals surface area contributed by atoms with Crippen molar-refractivity contribution in [1.82, 2.24) is 16.0 Å². The lowest BCUT2D eigenvalue weighted by Crippen LogP contribution is -2.49. The van der Waals surface area contributed by atoms with E-state index in [1.807, 2.05) is 6.92 Å². The zero-order chi connectivity index (χ0) is 19.5. The molecule has 1 fully saturated rings. The molecule has 0 radical (unpaired) electrons. The fraction of sp³-hybridized carbons (Fsp3) is 0.789. The number of ketones is 2. The Morgan fingerprint density at radius 2 is 1.69 bits per heavy atom. The van der Waals surface area contributed by atoms with Gasteiger partial charge in [0.05, 0.1) is 18.6 Å². The molecule has 2 amide bonds. The number of carbonyl (C=O) groups is 4. The number of carbonyl (C=O) groups excluding carboxylic acids is 4. The molecule has 2 unspecified atom stereocenters. The molecule has 1 rings (SSSR count). The summed E-state index contributed by atoms with van der Waals surface area (Å²) in [5.74, 6) is -1.42. The first-order chi connectivity index (χ1) is 12.4. The molecule has 7 heteroatoms. The Bertz CT molecular complexity index is 501. The summed E-state index contributed by atoms with van der Waals surface area (Å²) in [6.07, 6.45) is 7.74. The second-order valence-corrected chi connectivity index (χ2v) is 7.15. The molecule has 3 N–H and O–H groups in total. The SMILES string of the molecule is CCCC(NC)C(=O)C(=O)NCC(=O)NC(CC1CCCCC1)C(C)=O. The Morgan fingerprint density at radius 1 is 1.04 bits per heavy atom. The van der Waals surface area contributed by atoms with Crippen LogP contribution in [-0.4, -0.2) is 49.1 Å². The molecule has 0 saturated heterocycles. The molecule has 0 aromatic carbocycles. The van der Waals surface area contributed by atoms with Crippen molar-refractivity contribution >= 4 is 23.4 Å². The summed E-state index contributed by atoms with van der Waals surface area (Å²) in [5, 5.41) is 7.86. The topological polar surface area (TPSA) is 104 Å². The predicted molar refractivity (Wildman–Crippen MR) is 99.6 cm³/mol. The van der Waals surface area contributed by atoms with Gasteiger partial charge in [-0.1, -0.05) is 45.4 Å². The number of rotatable bonds is 11. The van der Waals surface area contributed by atoms with E-state index in [1.54, 1.807) is 7.05 Å². The highest BCUT2D eigenvalue weighted by atomic mass is 16.2. The zero-order valence-corrected chi connectivity index (χ0v) is 16.2. The molecule has 7 nitrogen and oxygen atoms in total. The van der Waals surface area contributed by atoms with E-state index in [2.05, 4.69) is 16.0 Å². The van der Waals surface area contributed by atoms with Crippen LogP contribution in [0, 0.1) is 5.92 Å². The van der Waals surface area contributed by atoms with Crippen molar-refractivity contribution in [1.29, 1.82) is 0 Å². The maximum atomic E-state index is 12.1. The Labute approximate surface area is 156 Å². The molecule has 0 aliphatic heterocycles. The van der Waals surface area contributed by atoms with Crippen molar-refractivity contribution in [2.24, 2.45) is 5.92 Å². The second kappa shape index (κ2) is 11.8. The summed E-state index contributed by atoms with van der Waals surface area (Å²) in [6, 6.07) is -1.07. The summed E-state index contributed by atoms with van der Waals surface area (Å²) in [6.45, 7) is 3.09. The van der Waals surface area contributed by atoms with Gasteiger partial charge in [-0.2, -0.15) is 0 Å². The van der Waals surface area contributed by atoms with E-state index < -0.39 is 29.7 Å². The molecule has 0 bridgehead atoms. The van der Waals surface area contributed by atoms with Gasteiger partial charge >= 0.3 is 0 Å². The van der Waals surface area contributed by atoms with E-state index in [-0.39, 0.29) is 12.3 Å². The summed E-state index contributed by atoms with van der Waals surface area (Å²) in [4.78, 5) is 47.8. The van der Waals surface area contributed by atoms with Gasteiger partial charge in [-0.25, -0.2) is 0 Å². The minimum atomic E-state index is -0.778. The van der Waals surface area contributed by atoms with Crippen molar-refractivity contribution < 1.29 is 19.2 Å². The van der Waals surface area contributed by atoms with Crippen LogP contribution in [-0.2, 0) is 19.2 Å². The van der Waals surface area contributed by atoms with Crippen LogP contribution in [0.5, 0.6) is 0 Å². The van der Waals surface area contributed by atoms with Crippen molar-refractivity contribution in [2.45, 2.75) is 77.3 Å². The molecule has 0 aromatic heterocycles. The number of hydrogen-bond acceptors (Lipinski definition) is 5. The molecule has 0 aromatic rings. The van der Waals surface area contributed by atoms with Crippen LogP contribution in [0.25, 0.3) is 0 Å². The van der Waals surface area contributed by atoms with E-state index in [9.17, 15) is 19.2 Å². The molecule has 26 heavy (non-hydrogen) atoms. The highest BCUT2D eigenvalue weighted by molar-refractivity contribution is 6.38. The highest BCUT2D eigenvalue weighted by Crippen LogP contribution is 2.27. The lowest BCUT2D eigenvalue weighted by Gasteiger charge is -2.26. The van der Waals surface area contributed by atoms with E-state index in [0.717, 1.165) is 19.3 Å². The van der Waals surface area contributed by atoms with Gasteiger partial charge < -0.3 is 16.0 Å². The minimum Gasteiger partial charge on any atom is -0.345 e. The summed E-state index contributed by atoms with van der Waals surface area (Å²) < 4.78 is 0. The predicted octanol–water partition coefficient (Wildman–Crippen LogP) is 1.10. The zero-order valence-electron chi connectivity index (χ0n) is 16.2. The third-order valence-corrected chi connectivity index (χ3v) is 5.00. The number of likely N-dealkylation sites (N-methyl/N-ethyl adjacent to an activating group) is 1. The van der Waals surface area contributed by atoms with E-state index >= 15 is 0 Å². The molecule has 2 atom stereocenters. The Morgan fingerprint density at radius 3 is 2.23 bits per heavy atom. The summed E-state index contributed by atoms with van der Waals surface area (Å²) >= 11 is 0. The molecule has 1 saturated carbocycles. The quantitative estimate of drug-likeness (QED) is 0.475. The number of nitrogens with one attached hydrogen (secondary N) is 3. The van der Waals surface area contributed by atoms with Crippen LogP contribution in [0.2, 0.25) is 0 Å². The monoisotopic (exact) mass is 367 g/mol. The fourth-order valence-electron chi connectivity index (χ4n) is 3.43. The van der Waals surface area contributed by atoms with E-state index in [0.29, 0.717) is 18.8 Å². The first-order valence-corrected chi connectivity index (χ1v) is 9.68. The maximum Gasteiger partial charge on any atom is 0.289 e. The molecule has 148 valence electrons. The first-order valence-electron chi connectivity index (χ1n) is 9.68. The smallest absolute Gasteiger partial charge is 0.289 e. The normalized spacial score (nSPS) is 17.2. The summed E-state index contributed by atoms with van der Waals surface area (Å²) in [7, 11) is 1.63. The number of Topliss-reactive ketones (excluding diaryl/α,β-unsaturated/α-hetero) is 2. The average molecular weight is 367 g/mol. The molecule has 1 aliphatic rings. The number of hydrogen-bond donors (Lipinski definition) is 3. The Hall–Kier alpha value is -1.76.